The molecule has 21 heavy (non-hydrogen) atoms. The van der Waals surface area contributed by atoms with Crippen molar-refractivity contribution in [1.29, 1.82) is 0 Å². The number of aromatic amines is 1. The Morgan fingerprint density at radius 2 is 2.14 bits per heavy atom. The SMILES string of the molecule is CCN(Cn1[nH]c(C(C)(C)C)nc1=S)C1CCS(=O)(=O)C1. The average molecular weight is 332 g/mol. The molecule has 120 valence electrons. The number of nitrogens with zero attached hydrogens (tertiary/aromatic N) is 3. The second-order valence-corrected chi connectivity index (χ2v) is 9.23. The fourth-order valence-corrected chi connectivity index (χ4v) is 4.46. The summed E-state index contributed by atoms with van der Waals surface area (Å²) in [7, 11) is -2.87. The van der Waals surface area contributed by atoms with Gasteiger partial charge < -0.3 is 0 Å². The van der Waals surface area contributed by atoms with Crippen LogP contribution >= 0.6 is 12.2 Å². The second kappa shape index (κ2) is 5.81. The van der Waals surface area contributed by atoms with Crippen molar-refractivity contribution in [1.82, 2.24) is 19.7 Å². The van der Waals surface area contributed by atoms with Gasteiger partial charge >= 0.3 is 0 Å². The van der Waals surface area contributed by atoms with Crippen molar-refractivity contribution in [2.45, 2.75) is 52.2 Å². The van der Waals surface area contributed by atoms with Gasteiger partial charge in [-0.25, -0.2) is 18.1 Å². The second-order valence-electron chi connectivity index (χ2n) is 6.64. The summed E-state index contributed by atoms with van der Waals surface area (Å²) in [6, 6.07) is 0.0725. The Morgan fingerprint density at radius 3 is 2.57 bits per heavy atom. The van der Waals surface area contributed by atoms with Gasteiger partial charge in [-0.2, -0.15) is 0 Å². The van der Waals surface area contributed by atoms with E-state index in [0.29, 0.717) is 17.9 Å². The van der Waals surface area contributed by atoms with Crippen molar-refractivity contribution in [2.24, 2.45) is 0 Å². The van der Waals surface area contributed by atoms with Crippen LogP contribution in [-0.4, -0.2) is 52.2 Å². The minimum absolute atomic E-state index is 0.0725. The third-order valence-corrected chi connectivity index (χ3v) is 5.91. The van der Waals surface area contributed by atoms with Crippen molar-refractivity contribution >= 4 is 22.1 Å². The average Bonchev–Trinajstić information content (AvgIpc) is 2.89. The van der Waals surface area contributed by atoms with Crippen LogP contribution in [0, 0.1) is 4.77 Å². The highest BCUT2D eigenvalue weighted by Crippen LogP contribution is 2.20. The lowest BCUT2D eigenvalue weighted by molar-refractivity contribution is 0.163. The lowest BCUT2D eigenvalue weighted by atomic mass is 9.96. The quantitative estimate of drug-likeness (QED) is 0.850. The molecule has 8 heteroatoms. The Hall–Kier alpha value is -0.730. The van der Waals surface area contributed by atoms with Crippen molar-refractivity contribution in [3.8, 4) is 0 Å². The van der Waals surface area contributed by atoms with E-state index in [-0.39, 0.29) is 23.0 Å². The van der Waals surface area contributed by atoms with Crippen LogP contribution < -0.4 is 0 Å². The van der Waals surface area contributed by atoms with E-state index in [1.54, 1.807) is 0 Å². The molecule has 0 radical (unpaired) electrons. The molecule has 0 spiro atoms. The first kappa shape index (κ1) is 16.6. The summed E-state index contributed by atoms with van der Waals surface area (Å²) in [6.07, 6.45) is 0.698. The number of nitrogens with one attached hydrogen (secondary N) is 1. The van der Waals surface area contributed by atoms with E-state index < -0.39 is 9.84 Å². The van der Waals surface area contributed by atoms with Crippen LogP contribution in [0.5, 0.6) is 0 Å². The number of aromatic nitrogens is 3. The number of rotatable bonds is 4. The number of hydrogen-bond acceptors (Lipinski definition) is 5. The summed E-state index contributed by atoms with van der Waals surface area (Å²) in [6.45, 7) is 9.60. The van der Waals surface area contributed by atoms with Crippen molar-refractivity contribution in [3.05, 3.63) is 10.6 Å². The molecule has 1 aromatic rings. The minimum atomic E-state index is -2.87. The maximum Gasteiger partial charge on any atom is 0.217 e. The molecular formula is C13H24N4O2S2. The Morgan fingerprint density at radius 1 is 1.48 bits per heavy atom. The van der Waals surface area contributed by atoms with Crippen LogP contribution in [0.3, 0.4) is 0 Å². The van der Waals surface area contributed by atoms with E-state index in [4.69, 9.17) is 12.2 Å². The molecule has 6 nitrogen and oxygen atoms in total. The van der Waals surface area contributed by atoms with Gasteiger partial charge in [-0.1, -0.05) is 27.7 Å². The zero-order valence-electron chi connectivity index (χ0n) is 13.1. The third kappa shape index (κ3) is 3.92. The standard InChI is InChI=1S/C13H24N4O2S2/c1-5-16(10-6-7-21(18,19)8-10)9-17-12(20)14-11(15-17)13(2,3)4/h10H,5-9H2,1-4H3,(H,14,15,20). The molecule has 1 aliphatic heterocycles. The zero-order valence-corrected chi connectivity index (χ0v) is 14.7. The van der Waals surface area contributed by atoms with Crippen LogP contribution in [0.15, 0.2) is 0 Å². The molecule has 0 aromatic carbocycles. The molecule has 1 aliphatic rings. The van der Waals surface area contributed by atoms with Crippen molar-refractivity contribution in [2.75, 3.05) is 18.1 Å². The zero-order chi connectivity index (χ0) is 15.8. The Kier molecular flexibility index (Phi) is 4.60. The van der Waals surface area contributed by atoms with Crippen LogP contribution in [0.25, 0.3) is 0 Å². The predicted molar refractivity (Wildman–Crippen MR) is 85.6 cm³/mol. The predicted octanol–water partition coefficient (Wildman–Crippen LogP) is 1.70. The molecular weight excluding hydrogens is 308 g/mol. The molecule has 0 amide bonds. The van der Waals surface area contributed by atoms with Gasteiger partial charge in [0.15, 0.2) is 9.84 Å². The van der Waals surface area contributed by atoms with E-state index in [2.05, 4.69) is 35.8 Å². The largest absolute Gasteiger partial charge is 0.281 e. The first-order valence-electron chi connectivity index (χ1n) is 7.24. The highest BCUT2D eigenvalue weighted by molar-refractivity contribution is 7.91. The Labute approximate surface area is 131 Å². The topological polar surface area (TPSA) is 71.0 Å². The van der Waals surface area contributed by atoms with Gasteiger partial charge in [0.05, 0.1) is 18.2 Å². The summed E-state index contributed by atoms with van der Waals surface area (Å²) in [5.41, 5.74) is -0.0907. The monoisotopic (exact) mass is 332 g/mol. The first-order valence-corrected chi connectivity index (χ1v) is 9.47. The first-order chi connectivity index (χ1) is 9.62. The summed E-state index contributed by atoms with van der Waals surface area (Å²) >= 11 is 5.30. The van der Waals surface area contributed by atoms with E-state index >= 15 is 0 Å². The molecule has 0 bridgehead atoms. The normalized spacial score (nSPS) is 22.0. The maximum atomic E-state index is 11.6. The minimum Gasteiger partial charge on any atom is -0.281 e. The number of H-pyrrole nitrogens is 1. The smallest absolute Gasteiger partial charge is 0.217 e. The maximum absolute atomic E-state index is 11.6. The molecule has 1 unspecified atom stereocenters. The Balaban J connectivity index is 2.16. The fourth-order valence-electron chi connectivity index (χ4n) is 2.51. The van der Waals surface area contributed by atoms with Gasteiger partial charge in [-0.05, 0) is 25.2 Å². The molecule has 1 atom stereocenters. The van der Waals surface area contributed by atoms with Crippen LogP contribution in [0.1, 0.15) is 39.9 Å². The molecule has 0 saturated carbocycles. The van der Waals surface area contributed by atoms with Gasteiger partial charge in [-0.15, -0.1) is 0 Å². The van der Waals surface area contributed by atoms with Crippen LogP contribution in [-0.2, 0) is 21.9 Å². The molecule has 1 fully saturated rings. The lowest BCUT2D eigenvalue weighted by Crippen LogP contribution is -2.37. The molecule has 1 aromatic heterocycles. The number of hydrogen-bond donors (Lipinski definition) is 1. The molecule has 1 N–H and O–H groups in total. The van der Waals surface area contributed by atoms with E-state index in [1.807, 2.05) is 11.6 Å². The van der Waals surface area contributed by atoms with Gasteiger partial charge in [0.1, 0.15) is 5.82 Å². The molecule has 1 saturated heterocycles. The molecule has 2 heterocycles. The Bertz CT molecular complexity index is 654. The summed E-state index contributed by atoms with van der Waals surface area (Å²) in [4.78, 5) is 6.55. The van der Waals surface area contributed by atoms with Crippen molar-refractivity contribution in [3.63, 3.8) is 0 Å². The van der Waals surface area contributed by atoms with E-state index in [1.165, 1.54) is 0 Å². The summed E-state index contributed by atoms with van der Waals surface area (Å²) in [5, 5.41) is 3.24. The summed E-state index contributed by atoms with van der Waals surface area (Å²) in [5.74, 6) is 1.38. The fraction of sp³-hybridized carbons (Fsp3) is 0.846. The molecule has 0 aliphatic carbocycles. The van der Waals surface area contributed by atoms with Crippen LogP contribution in [0.4, 0.5) is 0 Å². The van der Waals surface area contributed by atoms with Crippen LogP contribution in [0.2, 0.25) is 0 Å². The number of sulfone groups is 1. The van der Waals surface area contributed by atoms with E-state index in [9.17, 15) is 8.42 Å². The summed E-state index contributed by atoms with van der Waals surface area (Å²) < 4.78 is 25.6. The van der Waals surface area contributed by atoms with Gasteiger partial charge in [0.2, 0.25) is 4.77 Å². The van der Waals surface area contributed by atoms with Gasteiger partial charge in [-0.3, -0.25) is 10.00 Å². The molecule has 2 rings (SSSR count). The van der Waals surface area contributed by atoms with E-state index in [0.717, 1.165) is 12.4 Å². The third-order valence-electron chi connectivity index (χ3n) is 3.84. The van der Waals surface area contributed by atoms with Gasteiger partial charge in [0, 0.05) is 11.5 Å². The highest BCUT2D eigenvalue weighted by Gasteiger charge is 2.32. The van der Waals surface area contributed by atoms with Crippen molar-refractivity contribution < 1.29 is 8.42 Å². The lowest BCUT2D eigenvalue weighted by Gasteiger charge is -2.26. The highest BCUT2D eigenvalue weighted by atomic mass is 32.2. The van der Waals surface area contributed by atoms with Gasteiger partial charge in [0.25, 0.3) is 0 Å².